The lowest BCUT2D eigenvalue weighted by molar-refractivity contribution is -0.130. The standard InChI is InChI=1S/C26H31ClFN3O3/c1-18-16-30(17-19-5-9-22(28)10-6-19)13-14-31(18)24(32)12-7-20-15-21(27)8-11-23(20)29-25(33)34-26(2,3)4/h5-12,15,18H,13-14,16-17H2,1-4H3,(H,29,33)/b12-7+. The van der Waals surface area contributed by atoms with Gasteiger partial charge < -0.3 is 9.64 Å². The molecule has 0 bridgehead atoms. The van der Waals surface area contributed by atoms with Crippen molar-refractivity contribution in [1.29, 1.82) is 0 Å². The number of carbonyl (C=O) groups is 2. The number of benzene rings is 2. The molecule has 1 N–H and O–H groups in total. The first kappa shape index (κ1) is 25.7. The molecule has 1 aliphatic heterocycles. The van der Waals surface area contributed by atoms with Gasteiger partial charge in [-0.2, -0.15) is 0 Å². The summed E-state index contributed by atoms with van der Waals surface area (Å²) in [6.07, 6.45) is 2.57. The summed E-state index contributed by atoms with van der Waals surface area (Å²) in [6.45, 7) is 10.1. The lowest BCUT2D eigenvalue weighted by Gasteiger charge is -2.39. The molecule has 1 unspecified atom stereocenters. The minimum atomic E-state index is -0.628. The van der Waals surface area contributed by atoms with Crippen LogP contribution in [0.2, 0.25) is 5.02 Å². The largest absolute Gasteiger partial charge is 0.444 e. The number of amides is 2. The number of carbonyl (C=O) groups excluding carboxylic acids is 2. The molecule has 1 atom stereocenters. The fraction of sp³-hybridized carbons (Fsp3) is 0.385. The third kappa shape index (κ3) is 7.57. The summed E-state index contributed by atoms with van der Waals surface area (Å²) >= 11 is 6.14. The molecule has 0 aliphatic carbocycles. The van der Waals surface area contributed by atoms with Crippen molar-refractivity contribution in [1.82, 2.24) is 9.80 Å². The second kappa shape index (κ2) is 11.0. The summed E-state index contributed by atoms with van der Waals surface area (Å²) in [5, 5.41) is 3.20. The van der Waals surface area contributed by atoms with Gasteiger partial charge in [0.2, 0.25) is 5.91 Å². The van der Waals surface area contributed by atoms with Crippen molar-refractivity contribution in [3.63, 3.8) is 0 Å². The van der Waals surface area contributed by atoms with Gasteiger partial charge in [0.25, 0.3) is 0 Å². The molecule has 2 aromatic rings. The Labute approximate surface area is 205 Å². The van der Waals surface area contributed by atoms with E-state index in [1.165, 1.54) is 18.2 Å². The zero-order valence-corrected chi connectivity index (χ0v) is 20.7. The van der Waals surface area contributed by atoms with Crippen LogP contribution >= 0.6 is 11.6 Å². The average Bonchev–Trinajstić information content (AvgIpc) is 2.74. The number of piperazine rings is 1. The van der Waals surface area contributed by atoms with E-state index in [0.29, 0.717) is 29.4 Å². The third-order valence-electron chi connectivity index (χ3n) is 5.37. The number of anilines is 1. The lowest BCUT2D eigenvalue weighted by Crippen LogP contribution is -2.53. The topological polar surface area (TPSA) is 61.9 Å². The van der Waals surface area contributed by atoms with Gasteiger partial charge in [0.1, 0.15) is 11.4 Å². The van der Waals surface area contributed by atoms with E-state index in [-0.39, 0.29) is 17.8 Å². The molecule has 182 valence electrons. The van der Waals surface area contributed by atoms with Crippen molar-refractivity contribution in [3.8, 4) is 0 Å². The minimum absolute atomic E-state index is 0.0186. The van der Waals surface area contributed by atoms with Crippen LogP contribution in [0.25, 0.3) is 6.08 Å². The summed E-state index contributed by atoms with van der Waals surface area (Å²) in [6, 6.07) is 11.5. The van der Waals surface area contributed by atoms with Crippen molar-refractivity contribution in [3.05, 3.63) is 70.5 Å². The molecule has 2 aromatic carbocycles. The maximum Gasteiger partial charge on any atom is 0.412 e. The maximum absolute atomic E-state index is 13.1. The SMILES string of the molecule is CC1CN(Cc2ccc(F)cc2)CCN1C(=O)/C=C/c1cc(Cl)ccc1NC(=O)OC(C)(C)C. The van der Waals surface area contributed by atoms with Gasteiger partial charge in [-0.15, -0.1) is 0 Å². The predicted octanol–water partition coefficient (Wildman–Crippen LogP) is 5.57. The predicted molar refractivity (Wildman–Crippen MR) is 133 cm³/mol. The van der Waals surface area contributed by atoms with E-state index in [4.69, 9.17) is 16.3 Å². The first-order valence-corrected chi connectivity index (χ1v) is 11.6. The molecule has 1 fully saturated rings. The fourth-order valence-corrected chi connectivity index (χ4v) is 3.99. The second-order valence-electron chi connectivity index (χ2n) is 9.43. The highest BCUT2D eigenvalue weighted by atomic mass is 35.5. The molecule has 0 saturated carbocycles. The Kier molecular flexibility index (Phi) is 8.33. The van der Waals surface area contributed by atoms with Gasteiger partial charge in [0.05, 0.1) is 5.69 Å². The first-order valence-electron chi connectivity index (χ1n) is 11.3. The zero-order chi connectivity index (χ0) is 24.9. The molecular formula is C26H31ClFN3O3. The number of halogens is 2. The zero-order valence-electron chi connectivity index (χ0n) is 20.0. The van der Waals surface area contributed by atoms with Gasteiger partial charge in [0.15, 0.2) is 0 Å². The molecule has 1 heterocycles. The average molecular weight is 488 g/mol. The lowest BCUT2D eigenvalue weighted by atomic mass is 10.1. The Morgan fingerprint density at radius 3 is 2.53 bits per heavy atom. The molecule has 1 aliphatic rings. The Balaban J connectivity index is 1.62. The van der Waals surface area contributed by atoms with Crippen LogP contribution in [0, 0.1) is 5.82 Å². The van der Waals surface area contributed by atoms with Crippen molar-refractivity contribution in [2.75, 3.05) is 25.0 Å². The summed E-state index contributed by atoms with van der Waals surface area (Å²) in [5.74, 6) is -0.361. The van der Waals surface area contributed by atoms with E-state index >= 15 is 0 Å². The van der Waals surface area contributed by atoms with Crippen LogP contribution in [0.15, 0.2) is 48.5 Å². The van der Waals surface area contributed by atoms with Crippen molar-refractivity contribution >= 4 is 35.4 Å². The molecule has 0 spiro atoms. The maximum atomic E-state index is 13.1. The van der Waals surface area contributed by atoms with Gasteiger partial charge in [-0.1, -0.05) is 23.7 Å². The van der Waals surface area contributed by atoms with Crippen molar-refractivity contribution in [2.24, 2.45) is 0 Å². The first-order chi connectivity index (χ1) is 16.0. The third-order valence-corrected chi connectivity index (χ3v) is 5.60. The summed E-state index contributed by atoms with van der Waals surface area (Å²) in [7, 11) is 0. The number of hydrogen-bond acceptors (Lipinski definition) is 4. The van der Waals surface area contributed by atoms with E-state index in [1.807, 2.05) is 11.8 Å². The summed E-state index contributed by atoms with van der Waals surface area (Å²) in [5.41, 5.74) is 1.52. The number of nitrogens with one attached hydrogen (secondary N) is 1. The van der Waals surface area contributed by atoms with E-state index < -0.39 is 11.7 Å². The highest BCUT2D eigenvalue weighted by Crippen LogP contribution is 2.23. The van der Waals surface area contributed by atoms with E-state index in [2.05, 4.69) is 10.2 Å². The van der Waals surface area contributed by atoms with Crippen LogP contribution < -0.4 is 5.32 Å². The molecule has 1 saturated heterocycles. The van der Waals surface area contributed by atoms with E-state index in [0.717, 1.165) is 18.7 Å². The van der Waals surface area contributed by atoms with Crippen LogP contribution in [-0.2, 0) is 16.1 Å². The highest BCUT2D eigenvalue weighted by molar-refractivity contribution is 6.30. The van der Waals surface area contributed by atoms with Crippen LogP contribution in [0.3, 0.4) is 0 Å². The molecule has 34 heavy (non-hydrogen) atoms. The molecule has 3 rings (SSSR count). The molecule has 8 heteroatoms. The molecule has 2 amide bonds. The number of nitrogens with zero attached hydrogens (tertiary/aromatic N) is 2. The van der Waals surface area contributed by atoms with Crippen LogP contribution in [0.1, 0.15) is 38.8 Å². The summed E-state index contributed by atoms with van der Waals surface area (Å²) in [4.78, 5) is 29.2. The monoisotopic (exact) mass is 487 g/mol. The van der Waals surface area contributed by atoms with Crippen LogP contribution in [-0.4, -0.2) is 53.1 Å². The number of rotatable bonds is 5. The van der Waals surface area contributed by atoms with Crippen LogP contribution in [0.4, 0.5) is 14.9 Å². The van der Waals surface area contributed by atoms with Gasteiger partial charge in [-0.25, -0.2) is 9.18 Å². The van der Waals surface area contributed by atoms with Crippen molar-refractivity contribution < 1.29 is 18.7 Å². The molecule has 0 aromatic heterocycles. The van der Waals surface area contributed by atoms with Gasteiger partial charge in [0, 0.05) is 43.3 Å². The van der Waals surface area contributed by atoms with E-state index in [1.54, 1.807) is 57.2 Å². The highest BCUT2D eigenvalue weighted by Gasteiger charge is 2.26. The number of hydrogen-bond donors (Lipinski definition) is 1. The Morgan fingerprint density at radius 1 is 1.18 bits per heavy atom. The van der Waals surface area contributed by atoms with Gasteiger partial charge >= 0.3 is 6.09 Å². The smallest absolute Gasteiger partial charge is 0.412 e. The molecular weight excluding hydrogens is 457 g/mol. The molecule has 0 radical (unpaired) electrons. The molecule has 6 nitrogen and oxygen atoms in total. The second-order valence-corrected chi connectivity index (χ2v) is 9.87. The Hall–Kier alpha value is -2.90. The quantitative estimate of drug-likeness (QED) is 0.560. The van der Waals surface area contributed by atoms with Gasteiger partial charge in [-0.3, -0.25) is 15.0 Å². The Bertz CT molecular complexity index is 1050. The normalized spacial score (nSPS) is 17.1. The van der Waals surface area contributed by atoms with E-state index in [9.17, 15) is 14.0 Å². The Morgan fingerprint density at radius 2 is 1.88 bits per heavy atom. The minimum Gasteiger partial charge on any atom is -0.444 e. The fourth-order valence-electron chi connectivity index (χ4n) is 3.81. The van der Waals surface area contributed by atoms with Crippen LogP contribution in [0.5, 0.6) is 0 Å². The van der Waals surface area contributed by atoms with Crippen molar-refractivity contribution in [2.45, 2.75) is 45.9 Å². The van der Waals surface area contributed by atoms with Gasteiger partial charge in [-0.05, 0) is 75.2 Å². The summed E-state index contributed by atoms with van der Waals surface area (Å²) < 4.78 is 18.5. The number of ether oxygens (including phenoxy) is 1.